The number of benzene rings is 2. The molecule has 0 atom stereocenters. The zero-order chi connectivity index (χ0) is 24.6. The standard InChI is InChI=1S/C22H15F5N4O3/c23-11-1-2-13(15(25)7-11)19-14-3-4-18(34)31(20-16(26)8-12(24)9-17(20)27)21(14)29-22(28-19)30(10-33)5-6-32/h1-4,7-9,32-33H,5-6,10H2. The highest BCUT2D eigenvalue weighted by Crippen LogP contribution is 2.31. The number of aromatic nitrogens is 3. The van der Waals surface area contributed by atoms with Crippen LogP contribution in [0, 0.1) is 29.1 Å². The van der Waals surface area contributed by atoms with Crippen LogP contribution in [0.3, 0.4) is 0 Å². The van der Waals surface area contributed by atoms with Gasteiger partial charge in [0.05, 0.1) is 12.3 Å². The molecule has 2 aromatic carbocycles. The fraction of sp³-hybridized carbons (Fsp3) is 0.136. The van der Waals surface area contributed by atoms with Crippen LogP contribution in [0.25, 0.3) is 28.0 Å². The van der Waals surface area contributed by atoms with Gasteiger partial charge in [-0.2, -0.15) is 4.98 Å². The lowest BCUT2D eigenvalue weighted by Crippen LogP contribution is -2.30. The molecule has 0 unspecified atom stereocenters. The summed E-state index contributed by atoms with van der Waals surface area (Å²) in [4.78, 5) is 22.1. The van der Waals surface area contributed by atoms with Crippen molar-refractivity contribution in [2.45, 2.75) is 0 Å². The molecule has 0 bridgehead atoms. The Hall–Kier alpha value is -3.90. The molecule has 0 radical (unpaired) electrons. The Morgan fingerprint density at radius 3 is 2.15 bits per heavy atom. The monoisotopic (exact) mass is 478 g/mol. The quantitative estimate of drug-likeness (QED) is 0.327. The van der Waals surface area contributed by atoms with E-state index in [1.807, 2.05) is 0 Å². The molecule has 0 spiro atoms. The highest BCUT2D eigenvalue weighted by atomic mass is 19.2. The van der Waals surface area contributed by atoms with Gasteiger partial charge < -0.3 is 15.1 Å². The van der Waals surface area contributed by atoms with Gasteiger partial charge in [0.2, 0.25) is 5.95 Å². The van der Waals surface area contributed by atoms with E-state index in [2.05, 4.69) is 9.97 Å². The van der Waals surface area contributed by atoms with Crippen LogP contribution in [0.4, 0.5) is 27.9 Å². The second kappa shape index (κ2) is 9.15. The summed E-state index contributed by atoms with van der Waals surface area (Å²) in [5.41, 5.74) is -2.72. The van der Waals surface area contributed by atoms with Crippen molar-refractivity contribution >= 4 is 17.0 Å². The molecule has 34 heavy (non-hydrogen) atoms. The number of pyridine rings is 1. The van der Waals surface area contributed by atoms with Crippen LogP contribution >= 0.6 is 0 Å². The lowest BCUT2D eigenvalue weighted by molar-refractivity contribution is 0.256. The SMILES string of the molecule is O=c1ccc2c(-c3ccc(F)cc3F)nc(N(CO)CCO)nc2n1-c1c(F)cc(F)cc1F. The summed E-state index contributed by atoms with van der Waals surface area (Å²) in [6.07, 6.45) is 0. The Bertz CT molecular complexity index is 1440. The Morgan fingerprint density at radius 2 is 1.53 bits per heavy atom. The smallest absolute Gasteiger partial charge is 0.256 e. The van der Waals surface area contributed by atoms with Gasteiger partial charge in [-0.15, -0.1) is 0 Å². The molecule has 0 aliphatic carbocycles. The molecule has 0 aliphatic rings. The number of aliphatic hydroxyl groups excluding tert-OH is 2. The maximum Gasteiger partial charge on any atom is 0.256 e. The van der Waals surface area contributed by atoms with Gasteiger partial charge in [-0.05, 0) is 18.2 Å². The van der Waals surface area contributed by atoms with Crippen molar-refractivity contribution < 1.29 is 32.2 Å². The topological polar surface area (TPSA) is 91.5 Å². The second-order valence-corrected chi connectivity index (χ2v) is 7.09. The van der Waals surface area contributed by atoms with E-state index in [4.69, 9.17) is 0 Å². The van der Waals surface area contributed by atoms with Crippen molar-refractivity contribution in [3.63, 3.8) is 0 Å². The van der Waals surface area contributed by atoms with Crippen molar-refractivity contribution in [2.75, 3.05) is 24.8 Å². The molecule has 2 N–H and O–H groups in total. The third-order valence-electron chi connectivity index (χ3n) is 4.95. The van der Waals surface area contributed by atoms with Gasteiger partial charge in [0.25, 0.3) is 5.56 Å². The van der Waals surface area contributed by atoms with E-state index >= 15 is 0 Å². The van der Waals surface area contributed by atoms with Gasteiger partial charge >= 0.3 is 0 Å². The van der Waals surface area contributed by atoms with Gasteiger partial charge in [0, 0.05) is 41.8 Å². The van der Waals surface area contributed by atoms with Crippen molar-refractivity contribution in [3.8, 4) is 16.9 Å². The molecule has 2 aromatic heterocycles. The zero-order valence-electron chi connectivity index (χ0n) is 17.1. The summed E-state index contributed by atoms with van der Waals surface area (Å²) < 4.78 is 71.4. The third kappa shape index (κ3) is 4.08. The van der Waals surface area contributed by atoms with Gasteiger partial charge in [0.15, 0.2) is 17.3 Å². The lowest BCUT2D eigenvalue weighted by Gasteiger charge is -2.21. The number of rotatable bonds is 6. The van der Waals surface area contributed by atoms with Crippen molar-refractivity contribution in [2.24, 2.45) is 0 Å². The van der Waals surface area contributed by atoms with Crippen LogP contribution in [0.2, 0.25) is 0 Å². The number of halogens is 5. The predicted molar refractivity (Wildman–Crippen MR) is 112 cm³/mol. The maximum atomic E-state index is 14.7. The van der Waals surface area contributed by atoms with Crippen LogP contribution in [0.1, 0.15) is 0 Å². The minimum absolute atomic E-state index is 0.0566. The largest absolute Gasteiger partial charge is 0.395 e. The lowest BCUT2D eigenvalue weighted by atomic mass is 10.1. The van der Waals surface area contributed by atoms with E-state index in [1.54, 1.807) is 0 Å². The zero-order valence-corrected chi connectivity index (χ0v) is 17.1. The van der Waals surface area contributed by atoms with Crippen molar-refractivity contribution in [1.82, 2.24) is 14.5 Å². The molecular formula is C22H15F5N4O3. The first kappa shape index (κ1) is 23.3. The molecule has 0 amide bonds. The van der Waals surface area contributed by atoms with Gasteiger partial charge in [-0.1, -0.05) is 0 Å². The number of aliphatic hydroxyl groups is 2. The van der Waals surface area contributed by atoms with Crippen LogP contribution in [-0.2, 0) is 0 Å². The van der Waals surface area contributed by atoms with Gasteiger partial charge in [0.1, 0.15) is 29.9 Å². The third-order valence-corrected chi connectivity index (χ3v) is 4.95. The highest BCUT2D eigenvalue weighted by molar-refractivity contribution is 5.92. The number of hydrogen-bond acceptors (Lipinski definition) is 6. The van der Waals surface area contributed by atoms with Gasteiger partial charge in [-0.25, -0.2) is 26.9 Å². The first-order chi connectivity index (χ1) is 16.2. The Labute approximate surface area is 188 Å². The van der Waals surface area contributed by atoms with E-state index in [0.717, 1.165) is 23.1 Å². The Balaban J connectivity index is 2.15. The number of hydrogen-bond donors (Lipinski definition) is 2. The average Bonchev–Trinajstić information content (AvgIpc) is 2.77. The molecule has 7 nitrogen and oxygen atoms in total. The first-order valence-electron chi connectivity index (χ1n) is 9.76. The minimum Gasteiger partial charge on any atom is -0.395 e. The first-order valence-corrected chi connectivity index (χ1v) is 9.76. The molecule has 12 heteroatoms. The second-order valence-electron chi connectivity index (χ2n) is 7.09. The molecule has 4 rings (SSSR count). The Kier molecular flexibility index (Phi) is 6.26. The predicted octanol–water partition coefficient (Wildman–Crippen LogP) is 2.89. The van der Waals surface area contributed by atoms with E-state index in [1.165, 1.54) is 6.07 Å². The molecule has 0 aliphatic heterocycles. The molecule has 176 valence electrons. The summed E-state index contributed by atoms with van der Waals surface area (Å²) in [6.45, 7) is -1.36. The summed E-state index contributed by atoms with van der Waals surface area (Å²) in [5.74, 6) is -6.26. The van der Waals surface area contributed by atoms with Crippen molar-refractivity contribution in [1.29, 1.82) is 0 Å². The molecule has 0 fully saturated rings. The number of anilines is 1. The molecule has 0 saturated carbocycles. The van der Waals surface area contributed by atoms with Gasteiger partial charge in [-0.3, -0.25) is 9.36 Å². The fourth-order valence-electron chi connectivity index (χ4n) is 3.45. The van der Waals surface area contributed by atoms with Crippen LogP contribution < -0.4 is 10.5 Å². The van der Waals surface area contributed by atoms with Crippen molar-refractivity contribution in [3.05, 3.63) is 81.9 Å². The van der Waals surface area contributed by atoms with E-state index < -0.39 is 59.3 Å². The summed E-state index contributed by atoms with van der Waals surface area (Å²) >= 11 is 0. The molecule has 2 heterocycles. The normalized spacial score (nSPS) is 11.3. The number of fused-ring (bicyclic) bond motifs is 1. The summed E-state index contributed by atoms with van der Waals surface area (Å²) in [5, 5.41) is 18.9. The summed E-state index contributed by atoms with van der Waals surface area (Å²) in [6, 6.07) is 5.48. The van der Waals surface area contributed by atoms with Crippen LogP contribution in [0.15, 0.2) is 47.3 Å². The molecular weight excluding hydrogens is 463 g/mol. The molecule has 4 aromatic rings. The van der Waals surface area contributed by atoms with E-state index in [0.29, 0.717) is 22.8 Å². The minimum atomic E-state index is -1.41. The fourth-order valence-corrected chi connectivity index (χ4v) is 3.45. The van der Waals surface area contributed by atoms with E-state index in [-0.39, 0.29) is 29.1 Å². The Morgan fingerprint density at radius 1 is 0.853 bits per heavy atom. The van der Waals surface area contributed by atoms with Crippen LogP contribution in [0.5, 0.6) is 0 Å². The maximum absolute atomic E-state index is 14.7. The summed E-state index contributed by atoms with van der Waals surface area (Å²) in [7, 11) is 0. The average molecular weight is 478 g/mol. The van der Waals surface area contributed by atoms with Crippen LogP contribution in [-0.4, -0.2) is 44.6 Å². The van der Waals surface area contributed by atoms with E-state index in [9.17, 15) is 37.0 Å². The number of nitrogens with zero attached hydrogens (tertiary/aromatic N) is 4. The molecule has 0 saturated heterocycles. The highest BCUT2D eigenvalue weighted by Gasteiger charge is 2.23.